The first-order chi connectivity index (χ1) is 8.06. The third-order valence-corrected chi connectivity index (χ3v) is 2.70. The zero-order valence-corrected chi connectivity index (χ0v) is 10.2. The molecule has 2 N–H and O–H groups in total. The zero-order valence-electron chi connectivity index (χ0n) is 8.58. The quantitative estimate of drug-likeness (QED) is 0.847. The largest absolute Gasteiger partial charge is 0.455 e. The third kappa shape index (κ3) is 2.74. The Labute approximate surface area is 105 Å². The van der Waals surface area contributed by atoms with Gasteiger partial charge in [-0.1, -0.05) is 0 Å². The molecular weight excluding hydrogens is 292 g/mol. The number of anilines is 1. The van der Waals surface area contributed by atoms with Gasteiger partial charge in [0.05, 0.1) is 10.2 Å². The van der Waals surface area contributed by atoms with E-state index < -0.39 is 11.6 Å². The predicted octanol–water partition coefficient (Wildman–Crippen LogP) is 4.10. The zero-order chi connectivity index (χ0) is 12.4. The molecule has 2 nitrogen and oxygen atoms in total. The lowest BCUT2D eigenvalue weighted by Gasteiger charge is -2.08. The summed E-state index contributed by atoms with van der Waals surface area (Å²) in [6.45, 7) is 0. The molecule has 0 bridgehead atoms. The van der Waals surface area contributed by atoms with Gasteiger partial charge >= 0.3 is 0 Å². The second kappa shape index (κ2) is 4.71. The molecule has 88 valence electrons. The molecule has 2 aromatic carbocycles. The number of ether oxygens (including phenoxy) is 1. The van der Waals surface area contributed by atoms with Gasteiger partial charge in [0, 0.05) is 6.07 Å². The van der Waals surface area contributed by atoms with Gasteiger partial charge in [0.15, 0.2) is 5.75 Å². The van der Waals surface area contributed by atoms with Crippen LogP contribution in [0.2, 0.25) is 0 Å². The number of nitrogens with two attached hydrogens (primary N) is 1. The SMILES string of the molecule is Nc1ccc(F)cc1Oc1ccc(F)c(Br)c1. The summed E-state index contributed by atoms with van der Waals surface area (Å²) in [5.41, 5.74) is 5.94. The fourth-order valence-corrected chi connectivity index (χ4v) is 1.62. The maximum absolute atomic E-state index is 13.0. The molecule has 0 aliphatic carbocycles. The van der Waals surface area contributed by atoms with Crippen molar-refractivity contribution in [2.75, 3.05) is 5.73 Å². The molecule has 2 aromatic rings. The average molecular weight is 300 g/mol. The molecule has 0 unspecified atom stereocenters. The average Bonchev–Trinajstić information content (AvgIpc) is 2.29. The summed E-state index contributed by atoms with van der Waals surface area (Å²) in [6.07, 6.45) is 0. The van der Waals surface area contributed by atoms with Crippen LogP contribution in [0.4, 0.5) is 14.5 Å². The van der Waals surface area contributed by atoms with Crippen molar-refractivity contribution >= 4 is 21.6 Å². The number of halogens is 3. The summed E-state index contributed by atoms with van der Waals surface area (Å²) in [5.74, 6) is -0.279. The smallest absolute Gasteiger partial charge is 0.153 e. The summed E-state index contributed by atoms with van der Waals surface area (Å²) in [7, 11) is 0. The maximum atomic E-state index is 13.0. The first-order valence-corrected chi connectivity index (χ1v) is 5.53. The molecule has 5 heteroatoms. The molecule has 0 aliphatic heterocycles. The van der Waals surface area contributed by atoms with Crippen molar-refractivity contribution in [3.63, 3.8) is 0 Å². The van der Waals surface area contributed by atoms with Crippen LogP contribution >= 0.6 is 15.9 Å². The maximum Gasteiger partial charge on any atom is 0.153 e. The van der Waals surface area contributed by atoms with Gasteiger partial charge < -0.3 is 10.5 Å². The molecule has 0 heterocycles. The monoisotopic (exact) mass is 299 g/mol. The predicted molar refractivity (Wildman–Crippen MR) is 65.0 cm³/mol. The van der Waals surface area contributed by atoms with Crippen molar-refractivity contribution in [3.05, 3.63) is 52.5 Å². The van der Waals surface area contributed by atoms with E-state index in [4.69, 9.17) is 10.5 Å². The highest BCUT2D eigenvalue weighted by molar-refractivity contribution is 9.10. The summed E-state index contributed by atoms with van der Waals surface area (Å²) < 4.78 is 31.6. The number of benzene rings is 2. The van der Waals surface area contributed by atoms with Crippen LogP contribution in [0.25, 0.3) is 0 Å². The highest BCUT2D eigenvalue weighted by Gasteiger charge is 2.06. The number of nitrogen functional groups attached to an aromatic ring is 1. The summed E-state index contributed by atoms with van der Waals surface area (Å²) in [4.78, 5) is 0. The first-order valence-electron chi connectivity index (χ1n) is 4.74. The number of hydrogen-bond donors (Lipinski definition) is 1. The van der Waals surface area contributed by atoms with E-state index in [9.17, 15) is 8.78 Å². The Hall–Kier alpha value is -1.62. The third-order valence-electron chi connectivity index (χ3n) is 2.09. The summed E-state index contributed by atoms with van der Waals surface area (Å²) >= 11 is 3.03. The van der Waals surface area contributed by atoms with Crippen molar-refractivity contribution in [2.45, 2.75) is 0 Å². The van der Waals surface area contributed by atoms with Crippen LogP contribution < -0.4 is 10.5 Å². The van der Waals surface area contributed by atoms with Gasteiger partial charge in [0.25, 0.3) is 0 Å². The van der Waals surface area contributed by atoms with Crippen molar-refractivity contribution in [1.82, 2.24) is 0 Å². The molecule has 2 rings (SSSR count). The van der Waals surface area contributed by atoms with E-state index >= 15 is 0 Å². The fraction of sp³-hybridized carbons (Fsp3) is 0. The van der Waals surface area contributed by atoms with Gasteiger partial charge in [-0.25, -0.2) is 8.78 Å². The molecule has 0 saturated carbocycles. The number of hydrogen-bond acceptors (Lipinski definition) is 2. The second-order valence-corrected chi connectivity index (χ2v) is 4.21. The Bertz CT molecular complexity index is 560. The molecule has 0 aromatic heterocycles. The minimum absolute atomic E-state index is 0.198. The van der Waals surface area contributed by atoms with Crippen LogP contribution in [-0.2, 0) is 0 Å². The van der Waals surface area contributed by atoms with E-state index in [2.05, 4.69) is 15.9 Å². The van der Waals surface area contributed by atoms with E-state index in [1.165, 1.54) is 36.4 Å². The fourth-order valence-electron chi connectivity index (χ4n) is 1.26. The van der Waals surface area contributed by atoms with Crippen LogP contribution in [0.5, 0.6) is 11.5 Å². The Balaban J connectivity index is 2.31. The van der Waals surface area contributed by atoms with E-state index in [1.54, 1.807) is 0 Å². The minimum atomic E-state index is -0.449. The summed E-state index contributed by atoms with van der Waals surface area (Å²) in [6, 6.07) is 7.94. The summed E-state index contributed by atoms with van der Waals surface area (Å²) in [5, 5.41) is 0. The lowest BCUT2D eigenvalue weighted by Crippen LogP contribution is -1.93. The number of rotatable bonds is 2. The van der Waals surface area contributed by atoms with Crippen LogP contribution in [0.15, 0.2) is 40.9 Å². The lowest BCUT2D eigenvalue weighted by molar-refractivity contribution is 0.476. The van der Waals surface area contributed by atoms with Crippen LogP contribution in [0, 0.1) is 11.6 Å². The standard InChI is InChI=1S/C12H8BrF2NO/c13-9-6-8(2-3-10(9)15)17-12-5-7(14)1-4-11(12)16/h1-6H,16H2. The molecule has 0 atom stereocenters. The van der Waals surface area contributed by atoms with Gasteiger partial charge in [-0.15, -0.1) is 0 Å². The Morgan fingerprint density at radius 2 is 1.82 bits per heavy atom. The minimum Gasteiger partial charge on any atom is -0.455 e. The van der Waals surface area contributed by atoms with Gasteiger partial charge in [-0.2, -0.15) is 0 Å². The van der Waals surface area contributed by atoms with E-state index in [-0.39, 0.29) is 10.2 Å². The van der Waals surface area contributed by atoms with Crippen LogP contribution in [0.1, 0.15) is 0 Å². The molecule has 0 aliphatic rings. The van der Waals surface area contributed by atoms with Gasteiger partial charge in [-0.3, -0.25) is 0 Å². The second-order valence-electron chi connectivity index (χ2n) is 3.36. The van der Waals surface area contributed by atoms with Crippen molar-refractivity contribution in [3.8, 4) is 11.5 Å². The van der Waals surface area contributed by atoms with Crippen molar-refractivity contribution < 1.29 is 13.5 Å². The van der Waals surface area contributed by atoms with Gasteiger partial charge in [0.1, 0.15) is 17.4 Å². The van der Waals surface area contributed by atoms with E-state index in [0.29, 0.717) is 11.4 Å². The topological polar surface area (TPSA) is 35.2 Å². The van der Waals surface area contributed by atoms with E-state index in [0.717, 1.165) is 0 Å². The Morgan fingerprint density at radius 1 is 1.06 bits per heavy atom. The Kier molecular flexibility index (Phi) is 3.28. The molecule has 0 spiro atoms. The molecule has 0 radical (unpaired) electrons. The highest BCUT2D eigenvalue weighted by atomic mass is 79.9. The molecule has 0 amide bonds. The Morgan fingerprint density at radius 3 is 2.53 bits per heavy atom. The molecule has 0 saturated heterocycles. The molecule has 0 fully saturated rings. The molecule has 17 heavy (non-hydrogen) atoms. The van der Waals surface area contributed by atoms with Crippen LogP contribution in [0.3, 0.4) is 0 Å². The van der Waals surface area contributed by atoms with Gasteiger partial charge in [0.2, 0.25) is 0 Å². The highest BCUT2D eigenvalue weighted by Crippen LogP contribution is 2.30. The van der Waals surface area contributed by atoms with Crippen LogP contribution in [-0.4, -0.2) is 0 Å². The normalized spacial score (nSPS) is 10.3. The first kappa shape index (κ1) is 11.9. The molecular formula is C12H8BrF2NO. The van der Waals surface area contributed by atoms with Crippen molar-refractivity contribution in [1.29, 1.82) is 0 Å². The lowest BCUT2D eigenvalue weighted by atomic mass is 10.3. The van der Waals surface area contributed by atoms with Crippen molar-refractivity contribution in [2.24, 2.45) is 0 Å². The van der Waals surface area contributed by atoms with E-state index in [1.807, 2.05) is 0 Å². The van der Waals surface area contributed by atoms with Gasteiger partial charge in [-0.05, 0) is 46.3 Å².